The number of nitrogens with one attached hydrogen (secondary N) is 1. The van der Waals surface area contributed by atoms with Crippen LogP contribution in [0.5, 0.6) is 0 Å². The van der Waals surface area contributed by atoms with Gasteiger partial charge in [0, 0.05) is 10.8 Å². The topological polar surface area (TPSA) is 68.0 Å². The first-order valence-electron chi connectivity index (χ1n) is 6.57. The molecule has 1 rings (SSSR count). The van der Waals surface area contributed by atoms with Crippen LogP contribution in [0.25, 0.3) is 0 Å². The molecular weight excluding hydrogens is 258 g/mol. The molecule has 0 aliphatic heterocycles. The van der Waals surface area contributed by atoms with E-state index in [2.05, 4.69) is 31.1 Å². The van der Waals surface area contributed by atoms with Gasteiger partial charge in [-0.25, -0.2) is 4.98 Å². The monoisotopic (exact) mass is 283 g/mol. The first kappa shape index (κ1) is 16.1. The Hall–Kier alpha value is -0.940. The fraction of sp³-hybridized carbons (Fsp3) is 0.714. The second-order valence-electron chi connectivity index (χ2n) is 6.50. The van der Waals surface area contributed by atoms with Crippen molar-refractivity contribution in [3.05, 3.63) is 16.1 Å². The van der Waals surface area contributed by atoms with Gasteiger partial charge >= 0.3 is 0 Å². The van der Waals surface area contributed by atoms with Crippen LogP contribution in [0.15, 0.2) is 5.38 Å². The maximum absolute atomic E-state index is 12.0. The van der Waals surface area contributed by atoms with E-state index in [1.54, 1.807) is 18.3 Å². The number of carbonyl (C=O) groups excluding carboxylic acids is 1. The number of nitrogens with two attached hydrogens (primary N) is 1. The molecule has 0 bridgehead atoms. The molecule has 0 spiro atoms. The second kappa shape index (κ2) is 5.59. The second-order valence-corrected chi connectivity index (χ2v) is 7.44. The molecule has 1 aromatic heterocycles. The van der Waals surface area contributed by atoms with Gasteiger partial charge in [0.15, 0.2) is 0 Å². The van der Waals surface area contributed by atoms with Gasteiger partial charge in [0.05, 0.1) is 17.8 Å². The molecule has 1 atom stereocenters. The van der Waals surface area contributed by atoms with Gasteiger partial charge in [0.1, 0.15) is 5.01 Å². The summed E-state index contributed by atoms with van der Waals surface area (Å²) in [6.07, 6.45) is 0. The Bertz CT molecular complexity index is 444. The van der Waals surface area contributed by atoms with Gasteiger partial charge in [-0.05, 0) is 12.8 Å². The molecule has 0 fully saturated rings. The fourth-order valence-corrected chi connectivity index (χ4v) is 2.31. The molecule has 0 aromatic carbocycles. The summed E-state index contributed by atoms with van der Waals surface area (Å²) in [4.78, 5) is 16.6. The van der Waals surface area contributed by atoms with Gasteiger partial charge in [0.2, 0.25) is 5.91 Å². The number of carbonyl (C=O) groups is 1. The van der Waals surface area contributed by atoms with E-state index in [0.29, 0.717) is 6.54 Å². The first-order valence-corrected chi connectivity index (χ1v) is 7.45. The number of rotatable bonds is 4. The molecule has 0 saturated carbocycles. The molecule has 5 heteroatoms. The third-order valence-electron chi connectivity index (χ3n) is 3.41. The summed E-state index contributed by atoms with van der Waals surface area (Å²) in [5.41, 5.74) is 6.27. The number of hydrogen-bond donors (Lipinski definition) is 2. The normalized spacial score (nSPS) is 15.4. The zero-order chi connectivity index (χ0) is 14.8. The third-order valence-corrected chi connectivity index (χ3v) is 4.26. The number of aromatic nitrogens is 1. The molecule has 1 heterocycles. The molecule has 1 unspecified atom stereocenters. The van der Waals surface area contributed by atoms with E-state index in [-0.39, 0.29) is 17.2 Å². The van der Waals surface area contributed by atoms with Crippen LogP contribution in [0.1, 0.15) is 52.2 Å². The lowest BCUT2D eigenvalue weighted by Crippen LogP contribution is -2.55. The average Bonchev–Trinajstić information content (AvgIpc) is 2.73. The molecule has 19 heavy (non-hydrogen) atoms. The number of nitrogens with zero attached hydrogens (tertiary/aromatic N) is 1. The summed E-state index contributed by atoms with van der Waals surface area (Å²) in [7, 11) is 0. The standard InChI is InChI=1S/C14H25N3OS/c1-9(2)14(6,15)12(18)16-7-11-17-10(8-19-11)13(3,4)5/h8-9H,7,15H2,1-6H3,(H,16,18). The Morgan fingerprint density at radius 3 is 2.42 bits per heavy atom. The lowest BCUT2D eigenvalue weighted by molar-refractivity contribution is -0.127. The van der Waals surface area contributed by atoms with Crippen LogP contribution in [0.4, 0.5) is 0 Å². The Balaban J connectivity index is 2.63. The Morgan fingerprint density at radius 2 is 2.00 bits per heavy atom. The van der Waals surface area contributed by atoms with Crippen LogP contribution in [0, 0.1) is 5.92 Å². The van der Waals surface area contributed by atoms with Gasteiger partial charge in [-0.3, -0.25) is 4.79 Å². The molecular formula is C14H25N3OS. The molecule has 0 aliphatic rings. The molecule has 108 valence electrons. The van der Waals surface area contributed by atoms with Crippen LogP contribution in [-0.4, -0.2) is 16.4 Å². The van der Waals surface area contributed by atoms with Crippen molar-refractivity contribution in [1.29, 1.82) is 0 Å². The summed E-state index contributed by atoms with van der Waals surface area (Å²) >= 11 is 1.57. The van der Waals surface area contributed by atoms with Crippen molar-refractivity contribution in [2.75, 3.05) is 0 Å². The van der Waals surface area contributed by atoms with Gasteiger partial charge < -0.3 is 11.1 Å². The highest BCUT2D eigenvalue weighted by Gasteiger charge is 2.31. The van der Waals surface area contributed by atoms with E-state index in [4.69, 9.17) is 5.73 Å². The van der Waals surface area contributed by atoms with E-state index in [1.165, 1.54) is 0 Å². The molecule has 0 saturated heterocycles. The number of thiazole rings is 1. The van der Waals surface area contributed by atoms with Gasteiger partial charge in [0.25, 0.3) is 0 Å². The van der Waals surface area contributed by atoms with E-state index in [1.807, 2.05) is 19.2 Å². The predicted molar refractivity (Wildman–Crippen MR) is 80.1 cm³/mol. The maximum atomic E-state index is 12.0. The lowest BCUT2D eigenvalue weighted by atomic mass is 9.89. The average molecular weight is 283 g/mol. The fourth-order valence-electron chi connectivity index (χ4n) is 1.35. The SMILES string of the molecule is CC(C)C(C)(N)C(=O)NCc1nc(C(C)(C)C)cs1. The summed E-state index contributed by atoms with van der Waals surface area (Å²) in [6, 6.07) is 0. The summed E-state index contributed by atoms with van der Waals surface area (Å²) < 4.78 is 0. The quantitative estimate of drug-likeness (QED) is 0.891. The molecule has 3 N–H and O–H groups in total. The zero-order valence-corrected chi connectivity index (χ0v) is 13.5. The Labute approximate surface area is 119 Å². The molecule has 1 aromatic rings. The number of hydrogen-bond acceptors (Lipinski definition) is 4. The lowest BCUT2D eigenvalue weighted by Gasteiger charge is -2.27. The molecule has 4 nitrogen and oxygen atoms in total. The predicted octanol–water partition coefficient (Wildman–Crippen LogP) is 2.43. The number of amides is 1. The highest BCUT2D eigenvalue weighted by molar-refractivity contribution is 7.09. The van der Waals surface area contributed by atoms with E-state index >= 15 is 0 Å². The first-order chi connectivity index (χ1) is 8.55. The van der Waals surface area contributed by atoms with Crippen LogP contribution in [0.3, 0.4) is 0 Å². The Kier molecular flexibility index (Phi) is 4.74. The van der Waals surface area contributed by atoms with Crippen molar-refractivity contribution in [2.45, 2.75) is 59.0 Å². The summed E-state index contributed by atoms with van der Waals surface area (Å²) in [5.74, 6) is -0.0380. The largest absolute Gasteiger partial charge is 0.348 e. The van der Waals surface area contributed by atoms with Crippen LogP contribution >= 0.6 is 11.3 Å². The van der Waals surface area contributed by atoms with Crippen molar-refractivity contribution in [3.63, 3.8) is 0 Å². The van der Waals surface area contributed by atoms with Gasteiger partial charge in [-0.15, -0.1) is 11.3 Å². The maximum Gasteiger partial charge on any atom is 0.240 e. The van der Waals surface area contributed by atoms with Crippen molar-refractivity contribution >= 4 is 17.2 Å². The van der Waals surface area contributed by atoms with Crippen LogP contribution in [0.2, 0.25) is 0 Å². The molecule has 0 radical (unpaired) electrons. The minimum Gasteiger partial charge on any atom is -0.348 e. The minimum atomic E-state index is -0.843. The van der Waals surface area contributed by atoms with Gasteiger partial charge in [-0.1, -0.05) is 34.6 Å². The smallest absolute Gasteiger partial charge is 0.240 e. The molecule has 0 aliphatic carbocycles. The van der Waals surface area contributed by atoms with Crippen molar-refractivity contribution in [3.8, 4) is 0 Å². The highest BCUT2D eigenvalue weighted by atomic mass is 32.1. The highest BCUT2D eigenvalue weighted by Crippen LogP contribution is 2.23. The summed E-state index contributed by atoms with van der Waals surface area (Å²) in [6.45, 7) is 12.5. The zero-order valence-electron chi connectivity index (χ0n) is 12.7. The van der Waals surface area contributed by atoms with E-state index in [0.717, 1.165) is 10.7 Å². The molecule has 1 amide bonds. The minimum absolute atomic E-state index is 0.0407. The van der Waals surface area contributed by atoms with Gasteiger partial charge in [-0.2, -0.15) is 0 Å². The van der Waals surface area contributed by atoms with E-state index < -0.39 is 5.54 Å². The van der Waals surface area contributed by atoms with E-state index in [9.17, 15) is 4.79 Å². The third kappa shape index (κ3) is 4.01. The van der Waals surface area contributed by atoms with Crippen LogP contribution < -0.4 is 11.1 Å². The Morgan fingerprint density at radius 1 is 1.42 bits per heavy atom. The van der Waals surface area contributed by atoms with Crippen LogP contribution in [-0.2, 0) is 16.8 Å². The van der Waals surface area contributed by atoms with Crippen molar-refractivity contribution < 1.29 is 4.79 Å². The summed E-state index contributed by atoms with van der Waals surface area (Å²) in [5, 5.41) is 5.83. The van der Waals surface area contributed by atoms with Crippen molar-refractivity contribution in [1.82, 2.24) is 10.3 Å². The van der Waals surface area contributed by atoms with Crippen molar-refractivity contribution in [2.24, 2.45) is 11.7 Å².